The van der Waals surface area contributed by atoms with Crippen molar-refractivity contribution in [2.45, 2.75) is 0 Å². The van der Waals surface area contributed by atoms with Crippen molar-refractivity contribution >= 4 is 38.6 Å². The lowest BCUT2D eigenvalue weighted by molar-refractivity contribution is 1.28. The molecule has 0 saturated carbocycles. The number of benzene rings is 12. The number of hydrogen-bond donors (Lipinski definition) is 0. The van der Waals surface area contributed by atoms with Crippen molar-refractivity contribution in [3.63, 3.8) is 0 Å². The molecule has 12 rings (SSSR count). The first-order valence-corrected chi connectivity index (χ1v) is 23.1. The van der Waals surface area contributed by atoms with E-state index in [2.05, 4.69) is 72.8 Å². The van der Waals surface area contributed by atoms with Crippen LogP contribution in [0.4, 0.5) is 17.1 Å². The Morgan fingerprint density at radius 3 is 1.22 bits per heavy atom. The normalized spacial score (nSPS) is 12.8. The molecular weight excluding hydrogens is 831 g/mol. The molecule has 324 valence electrons. The van der Waals surface area contributed by atoms with Crippen molar-refractivity contribution in [3.05, 3.63) is 285 Å². The fourth-order valence-electron chi connectivity index (χ4n) is 9.28. The molecule has 1 heteroatoms. The molecular formula is C68H47N. The lowest BCUT2D eigenvalue weighted by Crippen LogP contribution is -2.09. The smallest absolute Gasteiger partial charge is 0.0645 e. The zero-order valence-electron chi connectivity index (χ0n) is 45.5. The van der Waals surface area contributed by atoms with Crippen LogP contribution < -0.4 is 4.90 Å². The van der Waals surface area contributed by atoms with Gasteiger partial charge in [0.25, 0.3) is 0 Å². The van der Waals surface area contributed by atoms with Crippen molar-refractivity contribution in [2.75, 3.05) is 4.90 Å². The lowest BCUT2D eigenvalue weighted by atomic mass is 9.89. The van der Waals surface area contributed by atoms with Gasteiger partial charge in [0.15, 0.2) is 0 Å². The highest BCUT2D eigenvalue weighted by Crippen LogP contribution is 2.42. The zero-order chi connectivity index (χ0) is 52.9. The summed E-state index contributed by atoms with van der Waals surface area (Å²) < 4.78 is 78.1. The van der Waals surface area contributed by atoms with E-state index in [0.29, 0.717) is 16.8 Å². The highest BCUT2D eigenvalue weighted by atomic mass is 15.1. The summed E-state index contributed by atoms with van der Waals surface area (Å²) in [5.41, 5.74) is 10.3. The van der Waals surface area contributed by atoms with Gasteiger partial charge in [-0.05, 0) is 160 Å². The predicted molar refractivity (Wildman–Crippen MR) is 294 cm³/mol. The van der Waals surface area contributed by atoms with Gasteiger partial charge in [-0.15, -0.1) is 0 Å². The molecule has 0 amide bonds. The standard InChI is InChI=1S/C68H47N/c1-4-14-48(15-5-1)60-45-61(49-16-6-2-7-17-49)47-62(46-60)54-32-39-64(40-33-54)69(63-37-30-52(31-38-63)51-24-26-53(27-25-51)59-29-28-50-18-10-11-22-58(50)44-59)65-41-34-57(35-42-65)68-66-23-13-12-21-56(66)36-43-67(68)55-19-8-3-9-20-55/h1-47H/i30D,31D,32D,33D,37D,38D,39D,40D. The minimum Gasteiger partial charge on any atom is -0.311 e. The molecule has 1 nitrogen and oxygen atoms in total. The third-order valence-corrected chi connectivity index (χ3v) is 12.8. The number of fused-ring (bicyclic) bond motifs is 2. The van der Waals surface area contributed by atoms with E-state index in [1.54, 1.807) is 24.3 Å². The summed E-state index contributed by atoms with van der Waals surface area (Å²) in [6.07, 6.45) is 0. The van der Waals surface area contributed by atoms with Crippen molar-refractivity contribution in [2.24, 2.45) is 0 Å². The minimum absolute atomic E-state index is 0.0837. The van der Waals surface area contributed by atoms with Crippen LogP contribution in [0.1, 0.15) is 11.0 Å². The summed E-state index contributed by atoms with van der Waals surface area (Å²) >= 11 is 0. The van der Waals surface area contributed by atoms with Gasteiger partial charge in [0.2, 0.25) is 0 Å². The third-order valence-electron chi connectivity index (χ3n) is 12.8. The average molecular weight is 886 g/mol. The lowest BCUT2D eigenvalue weighted by Gasteiger charge is -2.26. The molecule has 12 aromatic carbocycles. The Labute approximate surface area is 415 Å². The van der Waals surface area contributed by atoms with Gasteiger partial charge in [-0.25, -0.2) is 0 Å². The Kier molecular flexibility index (Phi) is 8.88. The molecule has 0 aliphatic carbocycles. The molecule has 0 atom stereocenters. The van der Waals surface area contributed by atoms with E-state index in [0.717, 1.165) is 77.2 Å². The Morgan fingerprint density at radius 1 is 0.232 bits per heavy atom. The van der Waals surface area contributed by atoms with Gasteiger partial charge in [0, 0.05) is 17.1 Å². The molecule has 0 aliphatic rings. The molecule has 0 heterocycles. The molecule has 0 bridgehead atoms. The largest absolute Gasteiger partial charge is 0.311 e. The van der Waals surface area contributed by atoms with Crippen LogP contribution in [0.25, 0.3) is 99.4 Å². The summed E-state index contributed by atoms with van der Waals surface area (Å²) in [6.45, 7) is 0. The molecule has 0 spiro atoms. The van der Waals surface area contributed by atoms with Gasteiger partial charge >= 0.3 is 0 Å². The Hall–Kier alpha value is -9.04. The van der Waals surface area contributed by atoms with Crippen LogP contribution in [0.15, 0.2) is 285 Å². The summed E-state index contributed by atoms with van der Waals surface area (Å²) in [5, 5.41) is 4.30. The second-order valence-corrected chi connectivity index (χ2v) is 17.1. The van der Waals surface area contributed by atoms with Crippen molar-refractivity contribution in [1.82, 2.24) is 0 Å². The number of anilines is 3. The first-order chi connectivity index (χ1) is 37.5. The van der Waals surface area contributed by atoms with Crippen LogP contribution in [0.3, 0.4) is 0 Å². The first kappa shape index (κ1) is 33.4. The Bertz CT molecular complexity index is 4110. The van der Waals surface area contributed by atoms with Crippen LogP contribution >= 0.6 is 0 Å². The molecule has 0 saturated heterocycles. The SMILES string of the molecule is [2H]c1c([2H])c(N(c2ccc(-c3c(-c4ccccc4)ccc4ccccc34)cc2)c2c([2H])c([2H])c(-c3cc(-c4ccccc4)cc(-c4ccccc4)c3)c([2H])c2[2H])c([2H])c([2H])c1-c1ccc(-c2ccc3ccccc3c2)cc1. The Balaban J connectivity index is 1.04. The molecule has 12 aromatic rings. The van der Waals surface area contributed by atoms with Gasteiger partial charge in [-0.1, -0.05) is 224 Å². The molecule has 0 aromatic heterocycles. The highest BCUT2D eigenvalue weighted by Gasteiger charge is 2.17. The second-order valence-electron chi connectivity index (χ2n) is 17.1. The summed E-state index contributed by atoms with van der Waals surface area (Å²) in [7, 11) is 0. The maximum atomic E-state index is 9.89. The number of rotatable bonds is 10. The van der Waals surface area contributed by atoms with Gasteiger partial charge < -0.3 is 4.90 Å². The van der Waals surface area contributed by atoms with Crippen LogP contribution in [0.2, 0.25) is 0 Å². The third kappa shape index (κ3) is 8.39. The van der Waals surface area contributed by atoms with Gasteiger partial charge in [0.05, 0.1) is 11.0 Å². The van der Waals surface area contributed by atoms with Crippen molar-refractivity contribution < 1.29 is 11.0 Å². The predicted octanol–water partition coefficient (Wildman–Crippen LogP) is 19.1. The van der Waals surface area contributed by atoms with Gasteiger partial charge in [-0.2, -0.15) is 0 Å². The first-order valence-electron chi connectivity index (χ1n) is 27.1. The highest BCUT2D eigenvalue weighted by molar-refractivity contribution is 6.04. The maximum absolute atomic E-state index is 9.89. The monoisotopic (exact) mass is 885 g/mol. The van der Waals surface area contributed by atoms with Crippen LogP contribution in [0, 0.1) is 0 Å². The maximum Gasteiger partial charge on any atom is 0.0645 e. The van der Waals surface area contributed by atoms with E-state index in [1.807, 2.05) is 140 Å². The van der Waals surface area contributed by atoms with E-state index in [1.165, 1.54) is 4.90 Å². The van der Waals surface area contributed by atoms with Crippen LogP contribution in [0.5, 0.6) is 0 Å². The van der Waals surface area contributed by atoms with E-state index in [9.17, 15) is 11.0 Å². The molecule has 69 heavy (non-hydrogen) atoms. The molecule has 0 N–H and O–H groups in total. The fourth-order valence-corrected chi connectivity index (χ4v) is 9.28. The number of hydrogen-bond acceptors (Lipinski definition) is 1. The van der Waals surface area contributed by atoms with E-state index >= 15 is 0 Å². The van der Waals surface area contributed by atoms with E-state index < -0.39 is 24.2 Å². The minimum atomic E-state index is -0.415. The summed E-state index contributed by atoms with van der Waals surface area (Å²) in [4.78, 5) is 1.37. The van der Waals surface area contributed by atoms with Gasteiger partial charge in [0.1, 0.15) is 0 Å². The van der Waals surface area contributed by atoms with Crippen molar-refractivity contribution in [1.29, 1.82) is 0 Å². The summed E-state index contributed by atoms with van der Waals surface area (Å²) in [5.74, 6) is 0. The molecule has 0 fully saturated rings. The fraction of sp³-hybridized carbons (Fsp3) is 0. The quantitative estimate of drug-likeness (QED) is 0.132. The van der Waals surface area contributed by atoms with Gasteiger partial charge in [-0.3, -0.25) is 0 Å². The van der Waals surface area contributed by atoms with Crippen LogP contribution in [-0.2, 0) is 0 Å². The summed E-state index contributed by atoms with van der Waals surface area (Å²) in [6, 6.07) is 74.2. The number of nitrogens with zero attached hydrogens (tertiary/aromatic N) is 1. The molecule has 0 aliphatic heterocycles. The second kappa shape index (κ2) is 18.3. The van der Waals surface area contributed by atoms with E-state index in [-0.39, 0.29) is 46.7 Å². The van der Waals surface area contributed by atoms with E-state index in [4.69, 9.17) is 0 Å². The Morgan fingerprint density at radius 2 is 0.638 bits per heavy atom. The molecule has 0 radical (unpaired) electrons. The average Bonchev–Trinajstić information content (AvgIpc) is 3.57. The zero-order valence-corrected chi connectivity index (χ0v) is 37.5. The van der Waals surface area contributed by atoms with Crippen LogP contribution in [-0.4, -0.2) is 0 Å². The topological polar surface area (TPSA) is 3.24 Å². The molecule has 0 unspecified atom stereocenters. The van der Waals surface area contributed by atoms with Crippen molar-refractivity contribution in [3.8, 4) is 77.9 Å².